The Bertz CT molecular complexity index is 253. The van der Waals surface area contributed by atoms with Gasteiger partial charge < -0.3 is 21.3 Å². The molecule has 2 atom stereocenters. The van der Waals surface area contributed by atoms with Gasteiger partial charge in [0.1, 0.15) is 0 Å². The molecule has 0 spiro atoms. The van der Waals surface area contributed by atoms with Crippen LogP contribution in [0.25, 0.3) is 0 Å². The van der Waals surface area contributed by atoms with E-state index >= 15 is 0 Å². The van der Waals surface area contributed by atoms with Crippen LogP contribution in [0.3, 0.4) is 0 Å². The van der Waals surface area contributed by atoms with Crippen molar-refractivity contribution in [2.45, 2.75) is 65.5 Å². The van der Waals surface area contributed by atoms with E-state index in [1.165, 1.54) is 25.7 Å². The molecule has 8 heteroatoms. The number of thiol groups is 1. The maximum absolute atomic E-state index is 7.06. The Morgan fingerprint density at radius 1 is 0.840 bits per heavy atom. The molecule has 0 saturated heterocycles. The second-order valence-electron chi connectivity index (χ2n) is 6.73. The molecule has 25 heavy (non-hydrogen) atoms. The van der Waals surface area contributed by atoms with Crippen molar-refractivity contribution >= 4 is 43.1 Å². The van der Waals surface area contributed by atoms with Crippen molar-refractivity contribution in [2.75, 3.05) is 45.9 Å². The molecule has 0 aromatic carbocycles. The summed E-state index contributed by atoms with van der Waals surface area (Å²) < 4.78 is 7.06. The fourth-order valence-corrected chi connectivity index (χ4v) is 1.96. The zero-order valence-electron chi connectivity index (χ0n) is 18.1. The molecule has 4 N–H and O–H groups in total. The van der Waals surface area contributed by atoms with Crippen molar-refractivity contribution in [3.63, 3.8) is 0 Å². The molecule has 0 aromatic heterocycles. The van der Waals surface area contributed by atoms with Gasteiger partial charge in [-0.3, -0.25) is 0 Å². The molecule has 2 unspecified atom stereocenters. The fraction of sp³-hybridized carbons (Fsp3) is 1.00. The summed E-state index contributed by atoms with van der Waals surface area (Å²) in [7, 11) is 6.67. The van der Waals surface area contributed by atoms with E-state index < -0.39 is 19.1 Å². The van der Waals surface area contributed by atoms with Crippen LogP contribution in [-0.2, 0) is 0 Å². The molecule has 156 valence electrons. The summed E-state index contributed by atoms with van der Waals surface area (Å²) in [5, 5.41) is 13.8. The van der Waals surface area contributed by atoms with Gasteiger partial charge in [0.2, 0.25) is 0 Å². The average Bonchev–Trinajstić information content (AvgIpc) is 2.55. The zero-order chi connectivity index (χ0) is 20.2. The number of unbranched alkanes of at least 4 members (excludes halogenated alkanes) is 1. The van der Waals surface area contributed by atoms with Crippen molar-refractivity contribution in [1.29, 1.82) is 0.594 Å². The third-order valence-electron chi connectivity index (χ3n) is 3.24. The van der Waals surface area contributed by atoms with E-state index in [1.54, 1.807) is 0 Å². The van der Waals surface area contributed by atoms with Gasteiger partial charge in [-0.1, -0.05) is 27.7 Å². The Kier molecular flexibility index (Phi) is 25.5. The molecule has 0 fully saturated rings. The molecule has 0 aliphatic rings. The monoisotopic (exact) mass is 527 g/mol. The van der Waals surface area contributed by atoms with Gasteiger partial charge in [0, 0.05) is 12.1 Å². The van der Waals surface area contributed by atoms with Crippen LogP contribution in [0.2, 0.25) is 0 Å². The zero-order valence-corrected chi connectivity index (χ0v) is 22.2. The van der Waals surface area contributed by atoms with E-state index in [0.717, 1.165) is 39.3 Å². The first-order chi connectivity index (χ1) is 12.3. The van der Waals surface area contributed by atoms with Crippen LogP contribution >= 0.6 is 43.1 Å². The van der Waals surface area contributed by atoms with E-state index in [4.69, 9.17) is 0.594 Å². The molecule has 0 saturated carbocycles. The topological polar surface area (TPSA) is 48.1 Å². The standard InChI is InChI=1S/C16H38N4.CH7IP2S/c1-15(2)19-13-7-11-17-9-5-6-10-18-12-8-14-20-16(3)4;1-4(3)2-5/h15-20H,5-14H2,1-4H3;2,5H,3H2,1H3/i;2D. The van der Waals surface area contributed by atoms with Gasteiger partial charge in [0.15, 0.2) is 0 Å². The number of nitrogens with one attached hydrogen (secondary N) is 4. The van der Waals surface area contributed by atoms with Crippen LogP contribution in [0.15, 0.2) is 0 Å². The first-order valence-electron chi connectivity index (χ1n) is 9.93. The summed E-state index contributed by atoms with van der Waals surface area (Å²) in [6.45, 7) is 17.7. The summed E-state index contributed by atoms with van der Waals surface area (Å²) in [6.07, 6.45) is 4.99. The van der Waals surface area contributed by atoms with Gasteiger partial charge in [-0.15, -0.1) is 0 Å². The maximum atomic E-state index is 7.06. The number of halogens is 1. The second kappa shape index (κ2) is 23.8. The molecule has 4 nitrogen and oxygen atoms in total. The number of hydrogen-bond donors (Lipinski definition) is 5. The summed E-state index contributed by atoms with van der Waals surface area (Å²) in [6, 6.07) is 1.22. The van der Waals surface area contributed by atoms with Crippen molar-refractivity contribution in [3.05, 3.63) is 0 Å². The molecule has 0 aromatic rings. The number of rotatable bonds is 16. The minimum atomic E-state index is -1.41. The third kappa shape index (κ3) is 33.8. The van der Waals surface area contributed by atoms with Crippen LogP contribution in [0.5, 0.6) is 0 Å². The van der Waals surface area contributed by atoms with Crippen LogP contribution in [0.1, 0.15) is 53.4 Å². The Balaban J connectivity index is 0. The van der Waals surface area contributed by atoms with Crippen LogP contribution in [0, 0.1) is 0 Å². The molecular weight excluding hydrogens is 481 g/mol. The molecule has 0 aliphatic carbocycles. The van der Waals surface area contributed by atoms with Gasteiger partial charge in [-0.05, 0) is 65.0 Å². The summed E-state index contributed by atoms with van der Waals surface area (Å²) in [4.78, 5) is 0. The fourth-order valence-electron chi connectivity index (χ4n) is 1.96. The molecular formula is C17H45IN4P2S. The molecule has 0 aliphatic heterocycles. The summed E-state index contributed by atoms with van der Waals surface area (Å²) in [5.41, 5.74) is 0. The predicted molar refractivity (Wildman–Crippen MR) is 137 cm³/mol. The van der Waals surface area contributed by atoms with Gasteiger partial charge >= 0.3 is 50.3 Å². The van der Waals surface area contributed by atoms with Gasteiger partial charge in [0.25, 0.3) is 0 Å². The SMILES string of the molecule is CC(C)NCCCNCCCCNCCCNC(C)C.[2H]I(S)P(C)P. The van der Waals surface area contributed by atoms with Crippen molar-refractivity contribution < 1.29 is 0 Å². The van der Waals surface area contributed by atoms with Crippen molar-refractivity contribution in [3.8, 4) is 0 Å². The van der Waals surface area contributed by atoms with Gasteiger partial charge in [0.05, 0.1) is 0 Å². The van der Waals surface area contributed by atoms with Crippen LogP contribution in [0.4, 0.5) is 0 Å². The summed E-state index contributed by atoms with van der Waals surface area (Å²) >= 11 is -1.41. The second-order valence-corrected chi connectivity index (χ2v) is 22.3. The average molecular weight is 528 g/mol. The molecule has 0 bridgehead atoms. The molecule has 0 radical (unpaired) electrons. The number of hydrogen-bond acceptors (Lipinski definition) is 5. The van der Waals surface area contributed by atoms with E-state index in [-0.39, 0.29) is 5.25 Å². The van der Waals surface area contributed by atoms with Crippen LogP contribution < -0.4 is 21.3 Å². The Labute approximate surface area is 175 Å². The van der Waals surface area contributed by atoms with Gasteiger partial charge in [-0.2, -0.15) is 0 Å². The summed E-state index contributed by atoms with van der Waals surface area (Å²) in [5.74, 6) is 0. The molecule has 0 rings (SSSR count). The minimum absolute atomic E-state index is 0.0553. The van der Waals surface area contributed by atoms with Crippen molar-refractivity contribution in [2.24, 2.45) is 0 Å². The Morgan fingerprint density at radius 2 is 1.16 bits per heavy atom. The van der Waals surface area contributed by atoms with E-state index in [0.29, 0.717) is 12.1 Å². The Hall–Kier alpha value is 1.78. The Morgan fingerprint density at radius 3 is 1.44 bits per heavy atom. The van der Waals surface area contributed by atoms with E-state index in [1.807, 2.05) is 0 Å². The van der Waals surface area contributed by atoms with Crippen molar-refractivity contribution in [1.82, 2.24) is 21.3 Å². The predicted octanol–water partition coefficient (Wildman–Crippen LogP) is 4.07. The first-order valence-corrected chi connectivity index (χ1v) is 19.0. The van der Waals surface area contributed by atoms with E-state index in [9.17, 15) is 0 Å². The first kappa shape index (κ1) is 26.8. The van der Waals surface area contributed by atoms with Crippen LogP contribution in [-0.4, -0.2) is 58.6 Å². The quantitative estimate of drug-likeness (QED) is 0.0910. The van der Waals surface area contributed by atoms with Gasteiger partial charge in [-0.25, -0.2) is 0 Å². The molecule has 0 heterocycles. The third-order valence-corrected chi connectivity index (χ3v) is 15.6. The normalized spacial score (nSPS) is 13.5. The molecule has 0 amide bonds. The van der Waals surface area contributed by atoms with E-state index in [2.05, 4.69) is 74.4 Å².